The third-order valence-electron chi connectivity index (χ3n) is 4.24. The van der Waals surface area contributed by atoms with Crippen LogP contribution in [0.15, 0.2) is 12.4 Å². The highest BCUT2D eigenvalue weighted by molar-refractivity contribution is 5.14. The molecule has 0 spiro atoms. The van der Waals surface area contributed by atoms with Gasteiger partial charge in [0, 0.05) is 18.0 Å². The minimum absolute atomic E-state index is 0.139. The summed E-state index contributed by atoms with van der Waals surface area (Å²) in [7, 11) is 1.57. The third kappa shape index (κ3) is 3.42. The smallest absolute Gasteiger partial charge is 0.316 e. The lowest BCUT2D eigenvalue weighted by Gasteiger charge is -2.33. The van der Waals surface area contributed by atoms with Crippen LogP contribution in [0, 0.1) is 11.8 Å². The van der Waals surface area contributed by atoms with Crippen LogP contribution in [0.5, 0.6) is 6.01 Å². The molecule has 19 heavy (non-hydrogen) atoms. The van der Waals surface area contributed by atoms with Gasteiger partial charge in [0.2, 0.25) is 0 Å². The first-order valence-corrected chi connectivity index (χ1v) is 7.10. The Hall–Kier alpha value is -1.20. The molecule has 1 fully saturated rings. The van der Waals surface area contributed by atoms with Crippen molar-refractivity contribution in [3.05, 3.63) is 18.0 Å². The highest BCUT2D eigenvalue weighted by atomic mass is 16.5. The fourth-order valence-corrected chi connectivity index (χ4v) is 3.10. The molecule has 3 unspecified atom stereocenters. The number of nitrogens with zero attached hydrogens (tertiary/aromatic N) is 2. The van der Waals surface area contributed by atoms with E-state index in [2.05, 4.69) is 22.3 Å². The second kappa shape index (κ2) is 6.82. The topological polar surface area (TPSA) is 73.1 Å². The quantitative estimate of drug-likeness (QED) is 0.630. The summed E-state index contributed by atoms with van der Waals surface area (Å²) < 4.78 is 4.99. The van der Waals surface area contributed by atoms with E-state index in [4.69, 9.17) is 10.6 Å². The molecule has 1 aliphatic rings. The zero-order valence-electron chi connectivity index (χ0n) is 11.8. The van der Waals surface area contributed by atoms with Gasteiger partial charge in [0.05, 0.1) is 13.2 Å². The fourth-order valence-electron chi connectivity index (χ4n) is 3.10. The van der Waals surface area contributed by atoms with Crippen molar-refractivity contribution in [2.45, 2.75) is 45.1 Å². The molecule has 0 radical (unpaired) electrons. The van der Waals surface area contributed by atoms with Crippen LogP contribution < -0.4 is 16.0 Å². The van der Waals surface area contributed by atoms with E-state index in [1.165, 1.54) is 32.1 Å². The van der Waals surface area contributed by atoms with E-state index in [0.29, 0.717) is 11.9 Å². The fraction of sp³-hybridized carbons (Fsp3) is 0.714. The zero-order valence-corrected chi connectivity index (χ0v) is 11.8. The lowest BCUT2D eigenvalue weighted by molar-refractivity contribution is 0.209. The number of aromatic nitrogens is 2. The maximum atomic E-state index is 5.76. The first-order chi connectivity index (χ1) is 9.28. The van der Waals surface area contributed by atoms with Gasteiger partial charge in [-0.15, -0.1) is 0 Å². The SMILES string of the molecule is CCC1CCCC(C(NN)c2cnc(OC)nc2)C1. The van der Waals surface area contributed by atoms with Crippen molar-refractivity contribution in [1.29, 1.82) is 0 Å². The highest BCUT2D eigenvalue weighted by Gasteiger charge is 2.28. The van der Waals surface area contributed by atoms with Gasteiger partial charge >= 0.3 is 6.01 Å². The molecule has 0 saturated heterocycles. The van der Waals surface area contributed by atoms with E-state index < -0.39 is 0 Å². The second-order valence-corrected chi connectivity index (χ2v) is 5.35. The number of hydrogen-bond acceptors (Lipinski definition) is 5. The highest BCUT2D eigenvalue weighted by Crippen LogP contribution is 2.37. The van der Waals surface area contributed by atoms with Crippen LogP contribution in [0.2, 0.25) is 0 Å². The monoisotopic (exact) mass is 264 g/mol. The van der Waals surface area contributed by atoms with E-state index in [-0.39, 0.29) is 6.04 Å². The molecule has 0 aromatic carbocycles. The first-order valence-electron chi connectivity index (χ1n) is 7.10. The molecule has 3 N–H and O–H groups in total. The molecule has 1 aromatic rings. The zero-order chi connectivity index (χ0) is 13.7. The van der Waals surface area contributed by atoms with Gasteiger partial charge in [-0.05, 0) is 24.7 Å². The van der Waals surface area contributed by atoms with E-state index in [0.717, 1.165) is 11.5 Å². The van der Waals surface area contributed by atoms with Gasteiger partial charge in [0.15, 0.2) is 0 Å². The number of nitrogens with one attached hydrogen (secondary N) is 1. The van der Waals surface area contributed by atoms with Gasteiger partial charge in [0.1, 0.15) is 0 Å². The van der Waals surface area contributed by atoms with Crippen LogP contribution in [-0.2, 0) is 0 Å². The molecule has 1 heterocycles. The predicted octanol–water partition coefficient (Wildman–Crippen LogP) is 2.21. The van der Waals surface area contributed by atoms with Crippen molar-refractivity contribution in [3.63, 3.8) is 0 Å². The summed E-state index contributed by atoms with van der Waals surface area (Å²) in [5, 5.41) is 0. The Bertz CT molecular complexity index is 382. The van der Waals surface area contributed by atoms with E-state index in [1.54, 1.807) is 7.11 Å². The van der Waals surface area contributed by atoms with Gasteiger partial charge in [-0.3, -0.25) is 11.3 Å². The first kappa shape index (κ1) is 14.2. The third-order valence-corrected chi connectivity index (χ3v) is 4.24. The van der Waals surface area contributed by atoms with Crippen molar-refractivity contribution < 1.29 is 4.74 Å². The largest absolute Gasteiger partial charge is 0.467 e. The van der Waals surface area contributed by atoms with Crippen molar-refractivity contribution in [2.75, 3.05) is 7.11 Å². The molecule has 5 heteroatoms. The minimum Gasteiger partial charge on any atom is -0.467 e. The van der Waals surface area contributed by atoms with Gasteiger partial charge in [-0.1, -0.05) is 26.2 Å². The summed E-state index contributed by atoms with van der Waals surface area (Å²) in [6.45, 7) is 2.27. The normalized spacial score (nSPS) is 25.0. The maximum absolute atomic E-state index is 5.76. The van der Waals surface area contributed by atoms with E-state index >= 15 is 0 Å². The van der Waals surface area contributed by atoms with Crippen LogP contribution >= 0.6 is 0 Å². The predicted molar refractivity (Wildman–Crippen MR) is 74.4 cm³/mol. The lowest BCUT2D eigenvalue weighted by atomic mass is 9.76. The standard InChI is InChI=1S/C14H24N4O/c1-3-10-5-4-6-11(7-10)13(18-15)12-8-16-14(19-2)17-9-12/h8-11,13,18H,3-7,15H2,1-2H3. The summed E-state index contributed by atoms with van der Waals surface area (Å²) in [6.07, 6.45) is 9.97. The van der Waals surface area contributed by atoms with Gasteiger partial charge in [0.25, 0.3) is 0 Å². The average molecular weight is 264 g/mol. The molecule has 1 aromatic heterocycles. The number of hydrazine groups is 1. The Labute approximate surface area is 114 Å². The molecule has 106 valence electrons. The van der Waals surface area contributed by atoms with Crippen LogP contribution in [0.3, 0.4) is 0 Å². The number of nitrogens with two attached hydrogens (primary N) is 1. The van der Waals surface area contributed by atoms with E-state index in [1.807, 2.05) is 12.4 Å². The Morgan fingerprint density at radius 3 is 2.74 bits per heavy atom. The summed E-state index contributed by atoms with van der Waals surface area (Å²) in [6, 6.07) is 0.537. The average Bonchev–Trinajstić information content (AvgIpc) is 2.49. The number of rotatable bonds is 5. The molecule has 1 aliphatic carbocycles. The van der Waals surface area contributed by atoms with Crippen molar-refractivity contribution in [1.82, 2.24) is 15.4 Å². The van der Waals surface area contributed by atoms with Gasteiger partial charge < -0.3 is 4.74 Å². The number of methoxy groups -OCH3 is 1. The molecule has 5 nitrogen and oxygen atoms in total. The molecule has 0 bridgehead atoms. The Morgan fingerprint density at radius 1 is 1.42 bits per heavy atom. The molecule has 1 saturated carbocycles. The summed E-state index contributed by atoms with van der Waals surface area (Å²) in [5.41, 5.74) is 4.00. The van der Waals surface area contributed by atoms with Crippen LogP contribution in [-0.4, -0.2) is 17.1 Å². The van der Waals surface area contributed by atoms with Crippen LogP contribution in [0.1, 0.15) is 50.6 Å². The lowest BCUT2D eigenvalue weighted by Crippen LogP contribution is -2.36. The van der Waals surface area contributed by atoms with Crippen molar-refractivity contribution >= 4 is 0 Å². The van der Waals surface area contributed by atoms with E-state index in [9.17, 15) is 0 Å². The summed E-state index contributed by atoms with van der Waals surface area (Å²) >= 11 is 0. The molecular weight excluding hydrogens is 240 g/mol. The van der Waals surface area contributed by atoms with Crippen molar-refractivity contribution in [3.8, 4) is 6.01 Å². The second-order valence-electron chi connectivity index (χ2n) is 5.35. The van der Waals surface area contributed by atoms with Crippen molar-refractivity contribution in [2.24, 2.45) is 17.7 Å². The van der Waals surface area contributed by atoms with Gasteiger partial charge in [-0.2, -0.15) is 0 Å². The summed E-state index contributed by atoms with van der Waals surface area (Å²) in [4.78, 5) is 8.34. The van der Waals surface area contributed by atoms with Gasteiger partial charge in [-0.25, -0.2) is 9.97 Å². The number of hydrogen-bond donors (Lipinski definition) is 2. The Morgan fingerprint density at radius 2 is 2.16 bits per heavy atom. The molecular formula is C14H24N4O. The number of ether oxygens (including phenoxy) is 1. The Kier molecular flexibility index (Phi) is 5.10. The van der Waals surface area contributed by atoms with Crippen LogP contribution in [0.25, 0.3) is 0 Å². The maximum Gasteiger partial charge on any atom is 0.316 e. The van der Waals surface area contributed by atoms with Crippen LogP contribution in [0.4, 0.5) is 0 Å². The molecule has 0 aliphatic heterocycles. The minimum atomic E-state index is 0.139. The molecule has 2 rings (SSSR count). The molecule has 0 amide bonds. The Balaban J connectivity index is 2.09. The molecule has 3 atom stereocenters. The summed E-state index contributed by atoms with van der Waals surface area (Å²) in [5.74, 6) is 7.15.